The molecule has 96 valence electrons. The van der Waals surface area contributed by atoms with Crippen LogP contribution in [0.3, 0.4) is 0 Å². The maximum Gasteiger partial charge on any atom is 0.247 e. The molecule has 1 aromatic heterocycles. The first-order chi connectivity index (χ1) is 8.78. The molecule has 1 heterocycles. The molecule has 0 aliphatic rings. The molecule has 0 saturated heterocycles. The molecule has 0 saturated carbocycles. The third kappa shape index (κ3) is 2.56. The molecule has 2 aromatic rings. The lowest BCUT2D eigenvalue weighted by Crippen LogP contribution is -1.90. The summed E-state index contributed by atoms with van der Waals surface area (Å²) < 4.78 is 15.9. The van der Waals surface area contributed by atoms with Gasteiger partial charge in [0.2, 0.25) is 11.8 Å². The number of halogens is 1. The quantitative estimate of drug-likeness (QED) is 0.780. The maximum atomic E-state index is 5.61. The summed E-state index contributed by atoms with van der Waals surface area (Å²) in [4.78, 5) is 0. The van der Waals surface area contributed by atoms with Crippen LogP contribution >= 0.6 is 11.6 Å². The second-order valence-electron chi connectivity index (χ2n) is 3.51. The predicted molar refractivity (Wildman–Crippen MR) is 67.3 cm³/mol. The van der Waals surface area contributed by atoms with E-state index in [0.717, 1.165) is 5.56 Å². The first kappa shape index (κ1) is 12.7. The van der Waals surface area contributed by atoms with Gasteiger partial charge >= 0.3 is 0 Å². The van der Waals surface area contributed by atoms with Gasteiger partial charge in [0.05, 0.1) is 14.2 Å². The molecule has 0 atom stereocenters. The molecule has 0 unspecified atom stereocenters. The van der Waals surface area contributed by atoms with Crippen LogP contribution in [-0.2, 0) is 6.42 Å². The molecule has 0 radical (unpaired) electrons. The Morgan fingerprint density at radius 1 is 1.17 bits per heavy atom. The Morgan fingerprint density at radius 3 is 2.61 bits per heavy atom. The molecule has 0 fully saturated rings. The molecule has 2 rings (SSSR count). The fourth-order valence-corrected chi connectivity index (χ4v) is 1.68. The van der Waals surface area contributed by atoms with Crippen LogP contribution in [0.1, 0.15) is 5.89 Å². The lowest BCUT2D eigenvalue weighted by Gasteiger charge is -2.07. The van der Waals surface area contributed by atoms with Crippen LogP contribution in [0, 0.1) is 0 Å². The van der Waals surface area contributed by atoms with Gasteiger partial charge in [-0.3, -0.25) is 0 Å². The van der Waals surface area contributed by atoms with Crippen LogP contribution in [0.2, 0.25) is 0 Å². The highest BCUT2D eigenvalue weighted by atomic mass is 35.5. The highest BCUT2D eigenvalue weighted by molar-refractivity contribution is 6.17. The first-order valence-corrected chi connectivity index (χ1v) is 5.92. The van der Waals surface area contributed by atoms with Gasteiger partial charge < -0.3 is 13.9 Å². The average molecular weight is 269 g/mol. The predicted octanol–water partition coefficient (Wildman–Crippen LogP) is 2.54. The van der Waals surface area contributed by atoms with Crippen molar-refractivity contribution in [1.82, 2.24) is 10.2 Å². The van der Waals surface area contributed by atoms with Gasteiger partial charge in [0.1, 0.15) is 0 Å². The molecule has 0 amide bonds. The van der Waals surface area contributed by atoms with E-state index in [-0.39, 0.29) is 0 Å². The van der Waals surface area contributed by atoms with Gasteiger partial charge in [-0.2, -0.15) is 0 Å². The van der Waals surface area contributed by atoms with Crippen LogP contribution < -0.4 is 9.47 Å². The normalized spacial score (nSPS) is 10.4. The van der Waals surface area contributed by atoms with Crippen molar-refractivity contribution in [3.05, 3.63) is 24.1 Å². The van der Waals surface area contributed by atoms with Crippen molar-refractivity contribution >= 4 is 11.6 Å². The number of alkyl halides is 1. The van der Waals surface area contributed by atoms with Gasteiger partial charge in [0, 0.05) is 17.9 Å². The van der Waals surface area contributed by atoms with Gasteiger partial charge in [-0.1, -0.05) is 0 Å². The van der Waals surface area contributed by atoms with Gasteiger partial charge in [-0.15, -0.1) is 21.8 Å². The molecule has 0 spiro atoms. The highest BCUT2D eigenvalue weighted by Gasteiger charge is 2.11. The summed E-state index contributed by atoms with van der Waals surface area (Å²) in [5, 5.41) is 7.87. The Hall–Kier alpha value is -1.75. The number of methoxy groups -OCH3 is 2. The minimum Gasteiger partial charge on any atom is -0.493 e. The third-order valence-corrected chi connectivity index (χ3v) is 2.59. The largest absolute Gasteiger partial charge is 0.493 e. The monoisotopic (exact) mass is 268 g/mol. The zero-order valence-corrected chi connectivity index (χ0v) is 10.9. The average Bonchev–Trinajstić information content (AvgIpc) is 2.87. The Kier molecular flexibility index (Phi) is 4.04. The summed E-state index contributed by atoms with van der Waals surface area (Å²) in [7, 11) is 3.16. The number of hydrogen-bond donors (Lipinski definition) is 0. The van der Waals surface area contributed by atoms with E-state index in [1.54, 1.807) is 26.4 Å². The minimum atomic E-state index is 0.441. The Morgan fingerprint density at radius 2 is 1.94 bits per heavy atom. The highest BCUT2D eigenvalue weighted by Crippen LogP contribution is 2.31. The molecule has 5 nitrogen and oxygen atoms in total. The number of aromatic nitrogens is 2. The van der Waals surface area contributed by atoms with E-state index < -0.39 is 0 Å². The molecule has 0 bridgehead atoms. The number of hydrogen-bond acceptors (Lipinski definition) is 5. The van der Waals surface area contributed by atoms with E-state index in [1.807, 2.05) is 6.07 Å². The molecule has 18 heavy (non-hydrogen) atoms. The van der Waals surface area contributed by atoms with E-state index in [9.17, 15) is 0 Å². The van der Waals surface area contributed by atoms with Crippen LogP contribution in [0.25, 0.3) is 11.5 Å². The van der Waals surface area contributed by atoms with Crippen LogP contribution in [0.5, 0.6) is 11.5 Å². The van der Waals surface area contributed by atoms with E-state index >= 15 is 0 Å². The van der Waals surface area contributed by atoms with E-state index in [2.05, 4.69) is 10.2 Å². The Balaban J connectivity index is 2.31. The maximum absolute atomic E-state index is 5.61. The summed E-state index contributed by atoms with van der Waals surface area (Å²) in [5.74, 6) is 2.69. The second-order valence-corrected chi connectivity index (χ2v) is 3.89. The van der Waals surface area contributed by atoms with E-state index in [4.69, 9.17) is 25.5 Å². The standard InChI is InChI=1S/C12H13ClN2O3/c1-16-9-4-3-8(7-10(9)17-2)12-15-14-11(18-12)5-6-13/h3-4,7H,5-6H2,1-2H3. The molecule has 0 aliphatic heterocycles. The molecular weight excluding hydrogens is 256 g/mol. The number of benzene rings is 1. The minimum absolute atomic E-state index is 0.441. The summed E-state index contributed by atoms with van der Waals surface area (Å²) >= 11 is 5.61. The molecule has 1 aromatic carbocycles. The summed E-state index contributed by atoms with van der Waals surface area (Å²) in [5.41, 5.74) is 0.779. The van der Waals surface area contributed by atoms with Crippen LogP contribution in [-0.4, -0.2) is 30.3 Å². The lowest BCUT2D eigenvalue weighted by atomic mass is 10.2. The molecule has 0 aliphatic carbocycles. The summed E-state index contributed by atoms with van der Waals surface area (Å²) in [6, 6.07) is 5.41. The zero-order chi connectivity index (χ0) is 13.0. The van der Waals surface area contributed by atoms with Crippen molar-refractivity contribution in [3.63, 3.8) is 0 Å². The van der Waals surface area contributed by atoms with Gasteiger partial charge in [0.15, 0.2) is 11.5 Å². The van der Waals surface area contributed by atoms with Crippen LogP contribution in [0.4, 0.5) is 0 Å². The smallest absolute Gasteiger partial charge is 0.247 e. The SMILES string of the molecule is COc1ccc(-c2nnc(CCCl)o2)cc1OC. The summed E-state index contributed by atoms with van der Waals surface area (Å²) in [6.45, 7) is 0. The van der Waals surface area contributed by atoms with Crippen molar-refractivity contribution in [1.29, 1.82) is 0 Å². The van der Waals surface area contributed by atoms with Gasteiger partial charge in [-0.05, 0) is 18.2 Å². The van der Waals surface area contributed by atoms with Crippen molar-refractivity contribution in [2.75, 3.05) is 20.1 Å². The zero-order valence-electron chi connectivity index (χ0n) is 10.1. The molecular formula is C12H13ClN2O3. The first-order valence-electron chi connectivity index (χ1n) is 5.39. The Bertz CT molecular complexity index is 528. The lowest BCUT2D eigenvalue weighted by molar-refractivity contribution is 0.355. The number of aryl methyl sites for hydroxylation is 1. The van der Waals surface area contributed by atoms with Crippen molar-refractivity contribution in [3.8, 4) is 23.0 Å². The number of rotatable bonds is 5. The number of ether oxygens (including phenoxy) is 2. The second kappa shape index (κ2) is 5.73. The third-order valence-electron chi connectivity index (χ3n) is 2.41. The molecule has 6 heteroatoms. The fourth-order valence-electron chi connectivity index (χ4n) is 1.52. The summed E-state index contributed by atoms with van der Waals surface area (Å²) in [6.07, 6.45) is 0.557. The van der Waals surface area contributed by atoms with Gasteiger partial charge in [-0.25, -0.2) is 0 Å². The van der Waals surface area contributed by atoms with Crippen molar-refractivity contribution in [2.24, 2.45) is 0 Å². The van der Waals surface area contributed by atoms with Gasteiger partial charge in [0.25, 0.3) is 0 Å². The van der Waals surface area contributed by atoms with Crippen molar-refractivity contribution < 1.29 is 13.9 Å². The Labute approximate surface area is 110 Å². The topological polar surface area (TPSA) is 57.4 Å². The van der Waals surface area contributed by atoms with E-state index in [1.165, 1.54) is 0 Å². The number of nitrogens with zero attached hydrogens (tertiary/aromatic N) is 2. The fraction of sp³-hybridized carbons (Fsp3) is 0.333. The van der Waals surface area contributed by atoms with E-state index in [0.29, 0.717) is 35.6 Å². The van der Waals surface area contributed by atoms with Crippen LogP contribution in [0.15, 0.2) is 22.6 Å². The van der Waals surface area contributed by atoms with Crippen molar-refractivity contribution in [2.45, 2.75) is 6.42 Å². The molecule has 0 N–H and O–H groups in total.